The first-order valence-electron chi connectivity index (χ1n) is 13.1. The van der Waals surface area contributed by atoms with E-state index in [1.165, 1.54) is 5.56 Å². The Balaban J connectivity index is 1.13. The van der Waals surface area contributed by atoms with Crippen molar-refractivity contribution in [3.63, 3.8) is 0 Å². The van der Waals surface area contributed by atoms with Crippen molar-refractivity contribution in [3.8, 4) is 0 Å². The predicted octanol–water partition coefficient (Wildman–Crippen LogP) is 2.29. The van der Waals surface area contributed by atoms with Gasteiger partial charge in [-0.15, -0.1) is 0 Å². The van der Waals surface area contributed by atoms with Crippen LogP contribution in [0.2, 0.25) is 0 Å². The number of nitrogens with one attached hydrogen (secondary N) is 1. The zero-order valence-corrected chi connectivity index (χ0v) is 20.3. The lowest BCUT2D eigenvalue weighted by Gasteiger charge is -2.26. The molecule has 0 spiro atoms. The fraction of sp³-hybridized carbons (Fsp3) is 0.667. The van der Waals surface area contributed by atoms with Crippen molar-refractivity contribution in [2.24, 2.45) is 23.7 Å². The Bertz CT molecular complexity index is 886. The maximum atomic E-state index is 12.9. The van der Waals surface area contributed by atoms with E-state index in [4.69, 9.17) is 0 Å². The summed E-state index contributed by atoms with van der Waals surface area (Å²) in [5, 5.41) is 3.36. The molecule has 0 aromatic heterocycles. The molecule has 5 rings (SSSR count). The molecule has 3 unspecified atom stereocenters. The van der Waals surface area contributed by atoms with E-state index in [0.29, 0.717) is 24.8 Å². The smallest absolute Gasteiger partial charge is 0.228 e. The van der Waals surface area contributed by atoms with Gasteiger partial charge in [0.1, 0.15) is 0 Å². The molecule has 4 aliphatic rings. The van der Waals surface area contributed by atoms with E-state index in [9.17, 15) is 14.4 Å². The molecule has 3 aliphatic heterocycles. The average molecular weight is 467 g/mol. The summed E-state index contributed by atoms with van der Waals surface area (Å²) in [6.45, 7) is 5.16. The van der Waals surface area contributed by atoms with E-state index in [1.54, 1.807) is 11.9 Å². The summed E-state index contributed by atoms with van der Waals surface area (Å²) < 4.78 is 0. The summed E-state index contributed by atoms with van der Waals surface area (Å²) >= 11 is 0. The maximum Gasteiger partial charge on any atom is 0.228 e. The van der Waals surface area contributed by atoms with Crippen molar-refractivity contribution in [2.45, 2.75) is 44.6 Å². The molecule has 1 aromatic rings. The van der Waals surface area contributed by atoms with E-state index in [1.807, 2.05) is 23.1 Å². The summed E-state index contributed by atoms with van der Waals surface area (Å²) in [6.07, 6.45) is 5.63. The van der Waals surface area contributed by atoms with Crippen LogP contribution >= 0.6 is 0 Å². The first-order chi connectivity index (χ1) is 16.5. The van der Waals surface area contributed by atoms with Crippen LogP contribution in [-0.4, -0.2) is 78.7 Å². The Morgan fingerprint density at radius 3 is 2.26 bits per heavy atom. The zero-order chi connectivity index (χ0) is 23.7. The van der Waals surface area contributed by atoms with Crippen LogP contribution in [0.25, 0.3) is 0 Å². The highest BCUT2D eigenvalue weighted by atomic mass is 16.2. The molecule has 0 radical (unpaired) electrons. The van der Waals surface area contributed by atoms with Gasteiger partial charge in [-0.05, 0) is 36.7 Å². The van der Waals surface area contributed by atoms with Gasteiger partial charge in [0.15, 0.2) is 0 Å². The molecular formula is C27H38N4O3. The minimum absolute atomic E-state index is 0.0460. The molecule has 7 heteroatoms. The number of amides is 3. The third-order valence-electron chi connectivity index (χ3n) is 8.54. The molecule has 4 fully saturated rings. The van der Waals surface area contributed by atoms with Gasteiger partial charge in [-0.1, -0.05) is 43.2 Å². The second kappa shape index (κ2) is 10.1. The van der Waals surface area contributed by atoms with Crippen LogP contribution < -0.4 is 5.32 Å². The first kappa shape index (κ1) is 23.3. The second-order valence-corrected chi connectivity index (χ2v) is 10.9. The van der Waals surface area contributed by atoms with Crippen molar-refractivity contribution in [2.75, 3.05) is 46.3 Å². The Kier molecular flexibility index (Phi) is 6.91. The molecule has 0 bridgehead atoms. The number of rotatable bonds is 7. The molecular weight excluding hydrogens is 428 g/mol. The quantitative estimate of drug-likeness (QED) is 0.669. The van der Waals surface area contributed by atoms with Crippen LogP contribution in [0.15, 0.2) is 30.3 Å². The fourth-order valence-electron chi connectivity index (χ4n) is 6.54. The highest BCUT2D eigenvalue weighted by molar-refractivity contribution is 5.89. The third kappa shape index (κ3) is 4.99. The minimum atomic E-state index is -0.164. The monoisotopic (exact) mass is 466 g/mol. The van der Waals surface area contributed by atoms with Crippen molar-refractivity contribution in [1.29, 1.82) is 0 Å². The number of hydrogen-bond donors (Lipinski definition) is 1. The number of carbonyl (C=O) groups is 3. The molecule has 34 heavy (non-hydrogen) atoms. The lowest BCUT2D eigenvalue weighted by Crippen LogP contribution is -2.38. The molecule has 3 saturated heterocycles. The second-order valence-electron chi connectivity index (χ2n) is 10.9. The normalized spacial score (nSPS) is 28.5. The predicted molar refractivity (Wildman–Crippen MR) is 130 cm³/mol. The van der Waals surface area contributed by atoms with Crippen LogP contribution in [0.5, 0.6) is 0 Å². The third-order valence-corrected chi connectivity index (χ3v) is 8.54. The number of likely N-dealkylation sites (tertiary alicyclic amines) is 3. The summed E-state index contributed by atoms with van der Waals surface area (Å²) in [4.78, 5) is 43.8. The molecule has 3 amide bonds. The van der Waals surface area contributed by atoms with Crippen molar-refractivity contribution in [1.82, 2.24) is 20.0 Å². The number of hydrogen-bond acceptors (Lipinski definition) is 4. The number of fused-ring (bicyclic) bond motifs is 1. The zero-order valence-electron chi connectivity index (χ0n) is 20.3. The van der Waals surface area contributed by atoms with Crippen molar-refractivity contribution >= 4 is 17.7 Å². The van der Waals surface area contributed by atoms with E-state index in [2.05, 4.69) is 22.3 Å². The highest BCUT2D eigenvalue weighted by Crippen LogP contribution is 2.34. The molecule has 1 aromatic carbocycles. The molecule has 184 valence electrons. The van der Waals surface area contributed by atoms with Gasteiger partial charge in [-0.3, -0.25) is 14.4 Å². The maximum absolute atomic E-state index is 12.9. The number of nitrogens with zero attached hydrogens (tertiary/aromatic N) is 3. The molecule has 1 N–H and O–H groups in total. The summed E-state index contributed by atoms with van der Waals surface area (Å²) in [6, 6.07) is 10.4. The molecule has 3 heterocycles. The van der Waals surface area contributed by atoms with Crippen LogP contribution in [0.1, 0.15) is 50.1 Å². The molecule has 7 nitrogen and oxygen atoms in total. The van der Waals surface area contributed by atoms with E-state index < -0.39 is 0 Å². The van der Waals surface area contributed by atoms with Gasteiger partial charge in [0.2, 0.25) is 17.7 Å². The Hall–Kier alpha value is -2.41. The van der Waals surface area contributed by atoms with Crippen LogP contribution in [0, 0.1) is 23.7 Å². The standard InChI is InChI=1S/C27H38N4O3/c1-29-14-21(13-25(29)32)27(34)31-17-22-15-30(16-23(22)18-31)12-11-24(19-7-3-2-4-8-19)28-26(33)20-9-5-6-10-20/h2-4,7-8,20-24H,5-6,9-18H2,1H3,(H,28,33)/t21?,22?,23?,24-/m0/s1. The van der Waals surface area contributed by atoms with Gasteiger partial charge in [-0.25, -0.2) is 0 Å². The molecule has 1 saturated carbocycles. The summed E-state index contributed by atoms with van der Waals surface area (Å²) in [5.41, 5.74) is 1.18. The fourth-order valence-corrected chi connectivity index (χ4v) is 6.54. The Labute approximate surface area is 202 Å². The van der Waals surface area contributed by atoms with Crippen LogP contribution in [0.4, 0.5) is 0 Å². The van der Waals surface area contributed by atoms with Crippen LogP contribution in [0.3, 0.4) is 0 Å². The summed E-state index contributed by atoms with van der Waals surface area (Å²) in [7, 11) is 1.78. The van der Waals surface area contributed by atoms with Gasteiger partial charge in [-0.2, -0.15) is 0 Å². The number of benzene rings is 1. The van der Waals surface area contributed by atoms with Crippen molar-refractivity contribution in [3.05, 3.63) is 35.9 Å². The molecule has 1 aliphatic carbocycles. The van der Waals surface area contributed by atoms with E-state index in [-0.39, 0.29) is 35.6 Å². The topological polar surface area (TPSA) is 73.0 Å². The Morgan fingerprint density at radius 2 is 1.65 bits per heavy atom. The van der Waals surface area contributed by atoms with Gasteiger partial charge < -0.3 is 20.0 Å². The molecule has 4 atom stereocenters. The highest BCUT2D eigenvalue weighted by Gasteiger charge is 2.44. The lowest BCUT2D eigenvalue weighted by atomic mass is 10.0. The lowest BCUT2D eigenvalue weighted by molar-refractivity contribution is -0.135. The SMILES string of the molecule is CN1CC(C(=O)N2CC3CN(CC[C@H](NC(=O)C4CCCC4)c4ccccc4)CC3C2)CC1=O. The number of carbonyl (C=O) groups excluding carboxylic acids is 3. The Morgan fingerprint density at radius 1 is 0.971 bits per heavy atom. The van der Waals surface area contributed by atoms with Gasteiger partial charge in [0.05, 0.1) is 12.0 Å². The van der Waals surface area contributed by atoms with Gasteiger partial charge >= 0.3 is 0 Å². The van der Waals surface area contributed by atoms with E-state index >= 15 is 0 Å². The van der Waals surface area contributed by atoms with Crippen LogP contribution in [-0.2, 0) is 14.4 Å². The van der Waals surface area contributed by atoms with Crippen molar-refractivity contribution < 1.29 is 14.4 Å². The first-order valence-corrected chi connectivity index (χ1v) is 13.1. The largest absolute Gasteiger partial charge is 0.349 e. The van der Waals surface area contributed by atoms with E-state index in [0.717, 1.165) is 64.8 Å². The van der Waals surface area contributed by atoms with Gasteiger partial charge in [0.25, 0.3) is 0 Å². The minimum Gasteiger partial charge on any atom is -0.349 e. The summed E-state index contributed by atoms with van der Waals surface area (Å²) in [5.74, 6) is 1.51. The average Bonchev–Trinajstić information content (AvgIpc) is 3.62. The van der Waals surface area contributed by atoms with Gasteiger partial charge in [0, 0.05) is 58.7 Å².